The van der Waals surface area contributed by atoms with Crippen LogP contribution < -0.4 is 16.1 Å². The molecular formula is C15H11NO4. The molecule has 3 rings (SSSR count). The van der Waals surface area contributed by atoms with Crippen LogP contribution in [0.3, 0.4) is 0 Å². The normalized spacial score (nSPS) is 10.6. The summed E-state index contributed by atoms with van der Waals surface area (Å²) in [5, 5.41) is 0.287. The first-order valence-corrected chi connectivity index (χ1v) is 6.06. The van der Waals surface area contributed by atoms with Crippen LogP contribution in [0, 0.1) is 0 Å². The minimum Gasteiger partial charge on any atom is -0.489 e. The van der Waals surface area contributed by atoms with Crippen LogP contribution in [0.15, 0.2) is 62.5 Å². The van der Waals surface area contributed by atoms with E-state index in [4.69, 9.17) is 4.74 Å². The van der Waals surface area contributed by atoms with Crippen LogP contribution in [0.4, 0.5) is 0 Å². The zero-order chi connectivity index (χ0) is 13.9. The molecule has 0 bridgehead atoms. The summed E-state index contributed by atoms with van der Waals surface area (Å²) >= 11 is 0. The summed E-state index contributed by atoms with van der Waals surface area (Å²) in [5.41, 5.74) is 0.785. The number of aromatic nitrogens is 1. The Morgan fingerprint density at radius 3 is 2.65 bits per heavy atom. The molecule has 1 heterocycles. The molecule has 0 spiro atoms. The maximum Gasteiger partial charge on any atom is 0.419 e. The van der Waals surface area contributed by atoms with Crippen molar-refractivity contribution in [2.24, 2.45) is 0 Å². The molecule has 0 radical (unpaired) electrons. The highest BCUT2D eigenvalue weighted by atomic mass is 16.5. The minimum atomic E-state index is -0.763. The van der Waals surface area contributed by atoms with E-state index in [1.165, 1.54) is 0 Å². The molecule has 5 heteroatoms. The molecule has 0 aliphatic carbocycles. The third kappa shape index (κ3) is 2.47. The van der Waals surface area contributed by atoms with Gasteiger partial charge in [0.05, 0.1) is 10.9 Å². The number of rotatable bonds is 3. The van der Waals surface area contributed by atoms with Crippen LogP contribution in [-0.4, -0.2) is 4.98 Å². The van der Waals surface area contributed by atoms with Gasteiger partial charge in [-0.1, -0.05) is 30.3 Å². The molecule has 0 amide bonds. The van der Waals surface area contributed by atoms with Gasteiger partial charge in [0.1, 0.15) is 12.4 Å². The number of nitrogens with one attached hydrogen (secondary N) is 1. The molecule has 1 aromatic heterocycles. The zero-order valence-corrected chi connectivity index (χ0v) is 10.5. The standard InChI is InChI=1S/C15H11NO4/c17-14-12-8-11(6-7-13(12)16-15(18)20-14)19-9-10-4-2-1-3-5-10/h1-8H,9H2,(H,16,18). The van der Waals surface area contributed by atoms with E-state index in [2.05, 4.69) is 9.40 Å². The van der Waals surface area contributed by atoms with Crippen LogP contribution in [-0.2, 0) is 6.61 Å². The maximum absolute atomic E-state index is 11.6. The predicted octanol–water partition coefficient (Wildman–Crippen LogP) is 2.06. The first-order chi connectivity index (χ1) is 9.72. The van der Waals surface area contributed by atoms with E-state index in [0.29, 0.717) is 17.9 Å². The molecule has 0 atom stereocenters. The molecule has 5 nitrogen and oxygen atoms in total. The van der Waals surface area contributed by atoms with Crippen LogP contribution in [0.5, 0.6) is 5.75 Å². The lowest BCUT2D eigenvalue weighted by Gasteiger charge is -2.06. The van der Waals surface area contributed by atoms with Gasteiger partial charge in [-0.3, -0.25) is 4.98 Å². The average Bonchev–Trinajstić information content (AvgIpc) is 2.46. The van der Waals surface area contributed by atoms with Gasteiger partial charge in [0.2, 0.25) is 0 Å². The molecular weight excluding hydrogens is 258 g/mol. The van der Waals surface area contributed by atoms with E-state index in [9.17, 15) is 9.59 Å². The fourth-order valence-electron chi connectivity index (χ4n) is 1.91. The van der Waals surface area contributed by atoms with E-state index in [1.54, 1.807) is 18.2 Å². The SMILES string of the molecule is O=c1[nH]c2ccc(OCc3ccccc3)cc2c(=O)o1. The predicted molar refractivity (Wildman–Crippen MR) is 73.9 cm³/mol. The van der Waals surface area contributed by atoms with Crippen molar-refractivity contribution in [2.75, 3.05) is 0 Å². The van der Waals surface area contributed by atoms with Crippen molar-refractivity contribution in [3.63, 3.8) is 0 Å². The van der Waals surface area contributed by atoms with E-state index >= 15 is 0 Å². The van der Waals surface area contributed by atoms with Crippen LogP contribution in [0.2, 0.25) is 0 Å². The number of hydrogen-bond donors (Lipinski definition) is 1. The van der Waals surface area contributed by atoms with Crippen LogP contribution in [0.25, 0.3) is 10.9 Å². The Bertz CT molecular complexity index is 849. The van der Waals surface area contributed by atoms with Crippen molar-refractivity contribution in [1.29, 1.82) is 0 Å². The summed E-state index contributed by atoms with van der Waals surface area (Å²) in [5.74, 6) is -0.221. The molecule has 0 unspecified atom stereocenters. The molecule has 2 aromatic carbocycles. The highest BCUT2D eigenvalue weighted by Crippen LogP contribution is 2.17. The largest absolute Gasteiger partial charge is 0.489 e. The van der Waals surface area contributed by atoms with Crippen molar-refractivity contribution < 1.29 is 9.15 Å². The number of fused-ring (bicyclic) bond motifs is 1. The first-order valence-electron chi connectivity index (χ1n) is 6.06. The van der Waals surface area contributed by atoms with Gasteiger partial charge in [-0.15, -0.1) is 0 Å². The number of H-pyrrole nitrogens is 1. The Balaban J connectivity index is 1.90. The van der Waals surface area contributed by atoms with Crippen molar-refractivity contribution in [2.45, 2.75) is 6.61 Å². The third-order valence-electron chi connectivity index (χ3n) is 2.88. The van der Waals surface area contributed by atoms with Crippen molar-refractivity contribution in [1.82, 2.24) is 4.98 Å². The van der Waals surface area contributed by atoms with E-state index in [1.807, 2.05) is 30.3 Å². The lowest BCUT2D eigenvalue weighted by molar-refractivity contribution is 0.306. The highest BCUT2D eigenvalue weighted by molar-refractivity contribution is 5.78. The van der Waals surface area contributed by atoms with Crippen LogP contribution in [0.1, 0.15) is 5.56 Å². The average molecular weight is 269 g/mol. The van der Waals surface area contributed by atoms with Gasteiger partial charge in [0.15, 0.2) is 0 Å². The first kappa shape index (κ1) is 12.2. The maximum atomic E-state index is 11.6. The Labute approximate surface area is 113 Å². The van der Waals surface area contributed by atoms with Crippen molar-refractivity contribution in [3.05, 3.63) is 75.1 Å². The number of ether oxygens (including phenoxy) is 1. The Kier molecular flexibility index (Phi) is 3.09. The Morgan fingerprint density at radius 2 is 1.85 bits per heavy atom. The van der Waals surface area contributed by atoms with Crippen LogP contribution >= 0.6 is 0 Å². The number of hydrogen-bond acceptors (Lipinski definition) is 4. The molecule has 100 valence electrons. The summed E-state index contributed by atoms with van der Waals surface area (Å²) < 4.78 is 10.1. The topological polar surface area (TPSA) is 72.3 Å². The fourth-order valence-corrected chi connectivity index (χ4v) is 1.91. The quantitative estimate of drug-likeness (QED) is 0.790. The third-order valence-corrected chi connectivity index (χ3v) is 2.88. The van der Waals surface area contributed by atoms with E-state index < -0.39 is 11.4 Å². The van der Waals surface area contributed by atoms with Gasteiger partial charge in [-0.25, -0.2) is 9.59 Å². The van der Waals surface area contributed by atoms with Crippen molar-refractivity contribution in [3.8, 4) is 5.75 Å². The van der Waals surface area contributed by atoms with Crippen molar-refractivity contribution >= 4 is 10.9 Å². The summed E-state index contributed by atoms with van der Waals surface area (Å²) in [6.07, 6.45) is 0. The smallest absolute Gasteiger partial charge is 0.419 e. The molecule has 0 saturated carbocycles. The lowest BCUT2D eigenvalue weighted by Crippen LogP contribution is -2.14. The monoisotopic (exact) mass is 269 g/mol. The molecule has 0 saturated heterocycles. The zero-order valence-electron chi connectivity index (χ0n) is 10.5. The molecule has 3 aromatic rings. The van der Waals surface area contributed by atoms with Gasteiger partial charge < -0.3 is 9.15 Å². The summed E-state index contributed by atoms with van der Waals surface area (Å²) in [6, 6.07) is 14.6. The van der Waals surface area contributed by atoms with Gasteiger partial charge in [0.25, 0.3) is 0 Å². The number of benzene rings is 2. The Morgan fingerprint density at radius 1 is 1.05 bits per heavy atom. The highest BCUT2D eigenvalue weighted by Gasteiger charge is 2.04. The number of aromatic amines is 1. The van der Waals surface area contributed by atoms with Gasteiger partial charge in [-0.05, 0) is 23.8 Å². The molecule has 1 N–H and O–H groups in total. The lowest BCUT2D eigenvalue weighted by atomic mass is 10.2. The second-order valence-corrected chi connectivity index (χ2v) is 4.28. The second-order valence-electron chi connectivity index (χ2n) is 4.28. The molecule has 0 fully saturated rings. The van der Waals surface area contributed by atoms with E-state index in [0.717, 1.165) is 5.56 Å². The molecule has 20 heavy (non-hydrogen) atoms. The minimum absolute atomic E-state index is 0.287. The summed E-state index contributed by atoms with van der Waals surface area (Å²) in [6.45, 7) is 0.404. The summed E-state index contributed by atoms with van der Waals surface area (Å²) in [7, 11) is 0. The van der Waals surface area contributed by atoms with Gasteiger partial charge in [-0.2, -0.15) is 0 Å². The molecule has 0 aliphatic heterocycles. The molecule has 0 aliphatic rings. The van der Waals surface area contributed by atoms with Gasteiger partial charge in [0, 0.05) is 0 Å². The Hall–Kier alpha value is -2.82. The second kappa shape index (κ2) is 5.05. The summed E-state index contributed by atoms with van der Waals surface area (Å²) in [4.78, 5) is 25.1. The van der Waals surface area contributed by atoms with Gasteiger partial charge >= 0.3 is 11.4 Å². The van der Waals surface area contributed by atoms with E-state index in [-0.39, 0.29) is 5.39 Å². The fraction of sp³-hybridized carbons (Fsp3) is 0.0667.